The van der Waals surface area contributed by atoms with Crippen molar-refractivity contribution >= 4 is 39.1 Å². The van der Waals surface area contributed by atoms with Crippen molar-refractivity contribution in [3.05, 3.63) is 51.1 Å². The lowest BCUT2D eigenvalue weighted by Crippen LogP contribution is -2.22. The van der Waals surface area contributed by atoms with Gasteiger partial charge in [0.2, 0.25) is 5.78 Å². The third-order valence-electron chi connectivity index (χ3n) is 6.42. The molecule has 0 N–H and O–H groups in total. The first-order chi connectivity index (χ1) is 15.7. The standard InChI is InChI=1S/C25H30N4OS2/c1-3-4-5-6-10-15-31-25-27-26-24-28(18-11-8-7-9-12-18)22(30)21-19-14-13-17(2)16-20(19)32-23(21)29(24)25/h7-9,11-12,17H,3-6,10,13-16H2,1-2H3/t17-/m0/s1. The van der Waals surface area contributed by atoms with Crippen LogP contribution in [0.25, 0.3) is 21.7 Å². The van der Waals surface area contributed by atoms with E-state index in [1.165, 1.54) is 42.5 Å². The molecular formula is C25H30N4OS2. The monoisotopic (exact) mass is 466 g/mol. The Labute approximate surface area is 196 Å². The molecule has 3 heterocycles. The van der Waals surface area contributed by atoms with Gasteiger partial charge < -0.3 is 0 Å². The van der Waals surface area contributed by atoms with Crippen LogP contribution in [0.5, 0.6) is 0 Å². The fraction of sp³-hybridized carbons (Fsp3) is 0.480. The molecule has 0 radical (unpaired) electrons. The topological polar surface area (TPSA) is 52.2 Å². The average molecular weight is 467 g/mol. The Balaban J connectivity index is 1.64. The van der Waals surface area contributed by atoms with Gasteiger partial charge in [-0.05, 0) is 49.3 Å². The van der Waals surface area contributed by atoms with Gasteiger partial charge in [0.25, 0.3) is 5.56 Å². The Morgan fingerprint density at radius 2 is 1.94 bits per heavy atom. The molecule has 168 valence electrons. The summed E-state index contributed by atoms with van der Waals surface area (Å²) in [6.45, 7) is 4.56. The number of fused-ring (bicyclic) bond motifs is 5. The summed E-state index contributed by atoms with van der Waals surface area (Å²) >= 11 is 3.54. The highest BCUT2D eigenvalue weighted by Crippen LogP contribution is 2.38. The van der Waals surface area contributed by atoms with E-state index in [-0.39, 0.29) is 5.56 Å². The average Bonchev–Trinajstić information content (AvgIpc) is 3.38. The maximum absolute atomic E-state index is 13.8. The van der Waals surface area contributed by atoms with Crippen LogP contribution in [0.1, 0.15) is 62.8 Å². The highest BCUT2D eigenvalue weighted by Gasteiger charge is 2.27. The number of thiophene rings is 1. The predicted molar refractivity (Wildman–Crippen MR) is 135 cm³/mol. The second kappa shape index (κ2) is 9.40. The summed E-state index contributed by atoms with van der Waals surface area (Å²) in [4.78, 5) is 16.2. The number of para-hydroxylation sites is 1. The maximum atomic E-state index is 13.8. The zero-order chi connectivity index (χ0) is 22.1. The summed E-state index contributed by atoms with van der Waals surface area (Å²) < 4.78 is 3.90. The molecule has 0 bridgehead atoms. The summed E-state index contributed by atoms with van der Waals surface area (Å²) in [6, 6.07) is 9.86. The Kier molecular flexibility index (Phi) is 6.37. The quantitative estimate of drug-likeness (QED) is 0.226. The molecule has 0 amide bonds. The van der Waals surface area contributed by atoms with E-state index in [1.807, 2.05) is 30.3 Å². The molecule has 0 unspecified atom stereocenters. The molecule has 5 nitrogen and oxygen atoms in total. The SMILES string of the molecule is CCCCCCCSc1nnc2n(-c3ccccc3)c(=O)c3c4c(sc3n12)C[C@@H](C)CC4. The van der Waals surface area contributed by atoms with Gasteiger partial charge in [0.15, 0.2) is 5.16 Å². The first-order valence-electron chi connectivity index (χ1n) is 11.8. The van der Waals surface area contributed by atoms with Crippen LogP contribution in [0.2, 0.25) is 0 Å². The minimum atomic E-state index is 0.0364. The molecule has 0 fully saturated rings. The smallest absolute Gasteiger partial charge is 0.268 e. The Bertz CT molecular complexity index is 1290. The Morgan fingerprint density at radius 1 is 1.12 bits per heavy atom. The number of nitrogens with zero attached hydrogens (tertiary/aromatic N) is 4. The predicted octanol–water partition coefficient (Wildman–Crippen LogP) is 6.28. The minimum Gasteiger partial charge on any atom is -0.268 e. The Hall–Kier alpha value is -2.12. The molecule has 1 aliphatic rings. The fourth-order valence-corrected chi connectivity index (χ4v) is 7.16. The molecule has 4 aromatic rings. The molecule has 0 aliphatic heterocycles. The first kappa shape index (κ1) is 21.7. The van der Waals surface area contributed by atoms with E-state index in [4.69, 9.17) is 0 Å². The number of hydrogen-bond acceptors (Lipinski definition) is 5. The summed E-state index contributed by atoms with van der Waals surface area (Å²) in [7, 11) is 0. The van der Waals surface area contributed by atoms with Crippen molar-refractivity contribution in [2.24, 2.45) is 5.92 Å². The van der Waals surface area contributed by atoms with Crippen molar-refractivity contribution in [2.45, 2.75) is 70.4 Å². The third-order valence-corrected chi connectivity index (χ3v) is 8.68. The van der Waals surface area contributed by atoms with Gasteiger partial charge in [-0.2, -0.15) is 0 Å². The van der Waals surface area contributed by atoms with E-state index in [0.717, 1.165) is 46.1 Å². The highest BCUT2D eigenvalue weighted by atomic mass is 32.2. The van der Waals surface area contributed by atoms with Gasteiger partial charge in [0.05, 0.1) is 11.1 Å². The van der Waals surface area contributed by atoms with Gasteiger partial charge in [-0.25, -0.2) is 8.97 Å². The number of aromatic nitrogens is 4. The van der Waals surface area contributed by atoms with Crippen molar-refractivity contribution in [3.63, 3.8) is 0 Å². The van der Waals surface area contributed by atoms with Gasteiger partial charge in [0, 0.05) is 10.6 Å². The van der Waals surface area contributed by atoms with Crippen LogP contribution >= 0.6 is 23.1 Å². The lowest BCUT2D eigenvalue weighted by Gasteiger charge is -2.17. The van der Waals surface area contributed by atoms with Crippen LogP contribution in [0.15, 0.2) is 40.3 Å². The molecule has 1 atom stereocenters. The lowest BCUT2D eigenvalue weighted by atomic mass is 9.89. The molecule has 5 rings (SSSR count). The molecule has 32 heavy (non-hydrogen) atoms. The van der Waals surface area contributed by atoms with E-state index >= 15 is 0 Å². The molecule has 0 saturated heterocycles. The van der Waals surface area contributed by atoms with Gasteiger partial charge in [0.1, 0.15) is 4.83 Å². The second-order valence-corrected chi connectivity index (χ2v) is 11.0. The number of benzene rings is 1. The van der Waals surface area contributed by atoms with Crippen molar-refractivity contribution in [2.75, 3.05) is 5.75 Å². The molecule has 7 heteroatoms. The number of thioether (sulfide) groups is 1. The van der Waals surface area contributed by atoms with E-state index in [1.54, 1.807) is 27.7 Å². The zero-order valence-electron chi connectivity index (χ0n) is 18.8. The summed E-state index contributed by atoms with van der Waals surface area (Å²) in [5, 5.41) is 10.8. The highest BCUT2D eigenvalue weighted by molar-refractivity contribution is 7.99. The van der Waals surface area contributed by atoms with Crippen LogP contribution in [0.4, 0.5) is 0 Å². The van der Waals surface area contributed by atoms with Crippen molar-refractivity contribution < 1.29 is 0 Å². The van der Waals surface area contributed by atoms with E-state index in [2.05, 4.69) is 28.4 Å². The molecule has 3 aromatic heterocycles. The number of aryl methyl sites for hydroxylation is 1. The van der Waals surface area contributed by atoms with Crippen molar-refractivity contribution in [3.8, 4) is 5.69 Å². The van der Waals surface area contributed by atoms with Crippen LogP contribution in [0, 0.1) is 5.92 Å². The molecule has 1 aromatic carbocycles. The van der Waals surface area contributed by atoms with E-state index in [0.29, 0.717) is 11.7 Å². The number of hydrogen-bond donors (Lipinski definition) is 0. The maximum Gasteiger partial charge on any atom is 0.268 e. The van der Waals surface area contributed by atoms with Crippen LogP contribution in [0.3, 0.4) is 0 Å². The summed E-state index contributed by atoms with van der Waals surface area (Å²) in [5.41, 5.74) is 2.13. The first-order valence-corrected chi connectivity index (χ1v) is 13.6. The largest absolute Gasteiger partial charge is 0.268 e. The van der Waals surface area contributed by atoms with Crippen LogP contribution < -0.4 is 5.56 Å². The molecular weight excluding hydrogens is 436 g/mol. The van der Waals surface area contributed by atoms with Gasteiger partial charge in [-0.15, -0.1) is 21.5 Å². The van der Waals surface area contributed by atoms with E-state index in [9.17, 15) is 4.79 Å². The number of rotatable bonds is 8. The second-order valence-electron chi connectivity index (χ2n) is 8.89. The minimum absolute atomic E-state index is 0.0364. The van der Waals surface area contributed by atoms with Crippen LogP contribution in [-0.4, -0.2) is 24.9 Å². The third kappa shape index (κ3) is 3.90. The van der Waals surface area contributed by atoms with Gasteiger partial charge in [-0.1, -0.05) is 69.5 Å². The molecule has 0 saturated carbocycles. The van der Waals surface area contributed by atoms with Gasteiger partial charge >= 0.3 is 0 Å². The van der Waals surface area contributed by atoms with Crippen LogP contribution in [-0.2, 0) is 12.8 Å². The van der Waals surface area contributed by atoms with Gasteiger partial charge in [-0.3, -0.25) is 4.79 Å². The number of unbranched alkanes of at least 4 members (excludes halogenated alkanes) is 4. The lowest BCUT2D eigenvalue weighted by molar-refractivity contribution is 0.509. The normalized spacial score (nSPS) is 16.1. The van der Waals surface area contributed by atoms with E-state index < -0.39 is 0 Å². The molecule has 0 spiro atoms. The molecule has 1 aliphatic carbocycles. The zero-order valence-corrected chi connectivity index (χ0v) is 20.5. The van der Waals surface area contributed by atoms with Crippen molar-refractivity contribution in [1.29, 1.82) is 0 Å². The summed E-state index contributed by atoms with van der Waals surface area (Å²) in [6.07, 6.45) is 9.48. The summed E-state index contributed by atoms with van der Waals surface area (Å²) in [5.74, 6) is 2.31. The fourth-order valence-electron chi connectivity index (χ4n) is 4.67. The Morgan fingerprint density at radius 3 is 2.75 bits per heavy atom. The van der Waals surface area contributed by atoms with Crippen molar-refractivity contribution in [1.82, 2.24) is 19.2 Å².